The number of aromatic nitrogens is 1. The van der Waals surface area contributed by atoms with Gasteiger partial charge in [0.25, 0.3) is 5.91 Å². The van der Waals surface area contributed by atoms with Gasteiger partial charge in [-0.1, -0.05) is 0 Å². The molecule has 2 heterocycles. The Kier molecular flexibility index (Phi) is 3.57. The van der Waals surface area contributed by atoms with Crippen molar-refractivity contribution in [2.45, 2.75) is 32.2 Å². The second-order valence-corrected chi connectivity index (χ2v) is 4.60. The summed E-state index contributed by atoms with van der Waals surface area (Å²) < 4.78 is 10.3. The molecule has 2 rings (SSSR count). The Morgan fingerprint density at radius 1 is 1.32 bits per heavy atom. The molecule has 1 aromatic rings. The highest BCUT2D eigenvalue weighted by Gasteiger charge is 2.42. The Bertz CT molecular complexity index is 502. The molecule has 0 aliphatic carbocycles. The van der Waals surface area contributed by atoms with Crippen molar-refractivity contribution < 1.29 is 23.8 Å². The van der Waals surface area contributed by atoms with Crippen molar-refractivity contribution in [2.24, 2.45) is 0 Å². The average molecular weight is 268 g/mol. The second kappa shape index (κ2) is 5.00. The molecule has 1 aliphatic heterocycles. The van der Waals surface area contributed by atoms with Gasteiger partial charge in [-0.2, -0.15) is 0 Å². The molecule has 7 nitrogen and oxygen atoms in total. The van der Waals surface area contributed by atoms with Gasteiger partial charge < -0.3 is 19.6 Å². The van der Waals surface area contributed by atoms with E-state index >= 15 is 0 Å². The standard InChI is InChI=1S/C12H16N2O5/c1-7-9(19-8(2)13-7)10(15)14-12(11(16)17)3-5-18-6-4-12/h3-6H2,1-2H3,(H,14,15)(H,16,17). The molecule has 1 amide bonds. The van der Waals surface area contributed by atoms with Crippen LogP contribution in [-0.2, 0) is 9.53 Å². The van der Waals surface area contributed by atoms with Gasteiger partial charge in [0.05, 0.1) is 5.69 Å². The highest BCUT2D eigenvalue weighted by Crippen LogP contribution is 2.22. The van der Waals surface area contributed by atoms with Crippen LogP contribution in [0.4, 0.5) is 0 Å². The lowest BCUT2D eigenvalue weighted by atomic mass is 9.90. The number of nitrogens with zero attached hydrogens (tertiary/aromatic N) is 1. The molecule has 7 heteroatoms. The van der Waals surface area contributed by atoms with Gasteiger partial charge in [0, 0.05) is 33.0 Å². The van der Waals surface area contributed by atoms with E-state index in [1.54, 1.807) is 13.8 Å². The van der Waals surface area contributed by atoms with Gasteiger partial charge in [-0.25, -0.2) is 9.78 Å². The summed E-state index contributed by atoms with van der Waals surface area (Å²) in [6.45, 7) is 3.88. The summed E-state index contributed by atoms with van der Waals surface area (Å²) in [5, 5.41) is 11.9. The van der Waals surface area contributed by atoms with Crippen molar-refractivity contribution in [1.82, 2.24) is 10.3 Å². The van der Waals surface area contributed by atoms with Crippen molar-refractivity contribution in [3.05, 3.63) is 17.3 Å². The number of amides is 1. The monoisotopic (exact) mass is 268 g/mol. The maximum atomic E-state index is 12.1. The molecule has 0 aromatic carbocycles. The van der Waals surface area contributed by atoms with E-state index in [9.17, 15) is 14.7 Å². The first-order chi connectivity index (χ1) is 8.94. The van der Waals surface area contributed by atoms with Crippen LogP contribution in [0.5, 0.6) is 0 Å². The molecule has 0 spiro atoms. The van der Waals surface area contributed by atoms with Crippen LogP contribution < -0.4 is 5.32 Å². The zero-order valence-electron chi connectivity index (χ0n) is 10.9. The molecule has 1 aromatic heterocycles. The molecule has 1 aliphatic rings. The number of aryl methyl sites for hydroxylation is 2. The number of rotatable bonds is 3. The fourth-order valence-corrected chi connectivity index (χ4v) is 2.13. The van der Waals surface area contributed by atoms with E-state index in [4.69, 9.17) is 9.15 Å². The van der Waals surface area contributed by atoms with Gasteiger partial charge in [0.1, 0.15) is 5.54 Å². The number of nitrogens with one attached hydrogen (secondary N) is 1. The minimum absolute atomic E-state index is 0.0598. The lowest BCUT2D eigenvalue weighted by Crippen LogP contribution is -2.57. The maximum Gasteiger partial charge on any atom is 0.329 e. The van der Waals surface area contributed by atoms with Gasteiger partial charge in [0.15, 0.2) is 5.89 Å². The molecule has 19 heavy (non-hydrogen) atoms. The molecule has 0 radical (unpaired) electrons. The fraction of sp³-hybridized carbons (Fsp3) is 0.583. The average Bonchev–Trinajstić information content (AvgIpc) is 2.69. The third-order valence-corrected chi connectivity index (χ3v) is 3.22. The smallest absolute Gasteiger partial charge is 0.329 e. The number of ether oxygens (including phenoxy) is 1. The Balaban J connectivity index is 2.20. The molecule has 0 bridgehead atoms. The topological polar surface area (TPSA) is 102 Å². The zero-order valence-corrected chi connectivity index (χ0v) is 10.9. The van der Waals surface area contributed by atoms with E-state index < -0.39 is 17.4 Å². The molecular weight excluding hydrogens is 252 g/mol. The lowest BCUT2D eigenvalue weighted by molar-refractivity contribution is -0.148. The van der Waals surface area contributed by atoms with E-state index in [1.165, 1.54) is 0 Å². The Labute approximate surface area is 110 Å². The summed E-state index contributed by atoms with van der Waals surface area (Å²) in [5.41, 5.74) is -0.842. The minimum Gasteiger partial charge on any atom is -0.480 e. The third-order valence-electron chi connectivity index (χ3n) is 3.22. The normalized spacial score (nSPS) is 18.0. The Hall–Kier alpha value is -1.89. The summed E-state index contributed by atoms with van der Waals surface area (Å²) in [6, 6.07) is 0. The van der Waals surface area contributed by atoms with E-state index in [0.29, 0.717) is 24.8 Å². The first-order valence-electron chi connectivity index (χ1n) is 6.02. The van der Waals surface area contributed by atoms with Gasteiger partial charge in [-0.15, -0.1) is 0 Å². The number of carboxylic acid groups (broad SMARTS) is 1. The van der Waals surface area contributed by atoms with Crippen molar-refractivity contribution >= 4 is 11.9 Å². The van der Waals surface area contributed by atoms with Crippen LogP contribution in [0, 0.1) is 13.8 Å². The highest BCUT2D eigenvalue weighted by atomic mass is 16.5. The van der Waals surface area contributed by atoms with Crippen LogP contribution in [-0.4, -0.2) is 40.7 Å². The molecular formula is C12H16N2O5. The molecule has 0 atom stereocenters. The Morgan fingerprint density at radius 3 is 2.42 bits per heavy atom. The van der Waals surface area contributed by atoms with Crippen molar-refractivity contribution in [3.8, 4) is 0 Å². The summed E-state index contributed by atoms with van der Waals surface area (Å²) >= 11 is 0. The number of carbonyl (C=O) groups excluding carboxylic acids is 1. The summed E-state index contributed by atoms with van der Waals surface area (Å²) in [7, 11) is 0. The number of carbonyl (C=O) groups is 2. The van der Waals surface area contributed by atoms with Gasteiger partial charge in [-0.05, 0) is 6.92 Å². The van der Waals surface area contributed by atoms with Crippen molar-refractivity contribution in [3.63, 3.8) is 0 Å². The maximum absolute atomic E-state index is 12.1. The number of carboxylic acids is 1. The summed E-state index contributed by atoms with van der Waals surface area (Å²) in [4.78, 5) is 27.5. The fourth-order valence-electron chi connectivity index (χ4n) is 2.13. The third kappa shape index (κ3) is 2.60. The van der Waals surface area contributed by atoms with Gasteiger partial charge in [0.2, 0.25) is 5.76 Å². The Morgan fingerprint density at radius 2 is 1.95 bits per heavy atom. The second-order valence-electron chi connectivity index (χ2n) is 4.60. The van der Waals surface area contributed by atoms with E-state index in [2.05, 4.69) is 10.3 Å². The molecule has 2 N–H and O–H groups in total. The molecule has 104 valence electrons. The van der Waals surface area contributed by atoms with Gasteiger partial charge >= 0.3 is 5.97 Å². The quantitative estimate of drug-likeness (QED) is 0.834. The predicted molar refractivity (Wildman–Crippen MR) is 63.9 cm³/mol. The molecule has 0 unspecified atom stereocenters. The van der Waals surface area contributed by atoms with E-state index in [-0.39, 0.29) is 18.6 Å². The number of aliphatic carboxylic acids is 1. The summed E-state index contributed by atoms with van der Waals surface area (Å²) in [5.74, 6) is -1.18. The zero-order chi connectivity index (χ0) is 14.0. The summed E-state index contributed by atoms with van der Waals surface area (Å²) in [6.07, 6.45) is 0.473. The lowest BCUT2D eigenvalue weighted by Gasteiger charge is -2.33. The van der Waals surface area contributed by atoms with Crippen molar-refractivity contribution in [2.75, 3.05) is 13.2 Å². The SMILES string of the molecule is Cc1nc(C)c(C(=O)NC2(C(=O)O)CCOCC2)o1. The number of oxazole rings is 1. The van der Waals surface area contributed by atoms with Crippen LogP contribution >= 0.6 is 0 Å². The van der Waals surface area contributed by atoms with Crippen molar-refractivity contribution in [1.29, 1.82) is 0 Å². The molecule has 1 saturated heterocycles. The number of hydrogen-bond donors (Lipinski definition) is 2. The molecule has 1 fully saturated rings. The first kappa shape index (κ1) is 13.5. The van der Waals surface area contributed by atoms with Crippen LogP contribution in [0.3, 0.4) is 0 Å². The largest absolute Gasteiger partial charge is 0.480 e. The number of hydrogen-bond acceptors (Lipinski definition) is 5. The van der Waals surface area contributed by atoms with Crippen LogP contribution in [0.1, 0.15) is 35.0 Å². The molecule has 0 saturated carbocycles. The predicted octanol–water partition coefficient (Wildman–Crippen LogP) is 0.655. The van der Waals surface area contributed by atoms with Crippen LogP contribution in [0.25, 0.3) is 0 Å². The van der Waals surface area contributed by atoms with Crippen LogP contribution in [0.2, 0.25) is 0 Å². The highest BCUT2D eigenvalue weighted by molar-refractivity contribution is 5.96. The van der Waals surface area contributed by atoms with E-state index in [0.717, 1.165) is 0 Å². The first-order valence-corrected chi connectivity index (χ1v) is 6.02. The van der Waals surface area contributed by atoms with E-state index in [1.807, 2.05) is 0 Å². The minimum atomic E-state index is -1.29. The van der Waals surface area contributed by atoms with Crippen LogP contribution in [0.15, 0.2) is 4.42 Å². The van der Waals surface area contributed by atoms with Gasteiger partial charge in [-0.3, -0.25) is 4.79 Å².